The summed E-state index contributed by atoms with van der Waals surface area (Å²) in [6, 6.07) is 0. The van der Waals surface area contributed by atoms with Crippen molar-refractivity contribution in [1.29, 1.82) is 0 Å². The van der Waals surface area contributed by atoms with Crippen molar-refractivity contribution in [1.82, 2.24) is 0 Å². The summed E-state index contributed by atoms with van der Waals surface area (Å²) in [5.41, 5.74) is 22.9. The smallest absolute Gasteiger partial charge is 0.000793 e. The summed E-state index contributed by atoms with van der Waals surface area (Å²) in [7, 11) is 0. The van der Waals surface area contributed by atoms with Crippen LogP contribution in [0.3, 0.4) is 0 Å². The average Bonchev–Trinajstić information content (AvgIpc) is 2.97. The predicted molar refractivity (Wildman–Crippen MR) is 190 cm³/mol. The van der Waals surface area contributed by atoms with Crippen LogP contribution in [0.25, 0.3) is 53.9 Å². The molecule has 0 bridgehead atoms. The van der Waals surface area contributed by atoms with E-state index in [1.54, 1.807) is 0 Å². The Labute approximate surface area is 253 Å². The number of hydrogen-bond acceptors (Lipinski definition) is 0. The topological polar surface area (TPSA) is 0 Å². The highest BCUT2D eigenvalue weighted by Gasteiger charge is 2.27. The molecule has 42 heavy (non-hydrogen) atoms. The summed E-state index contributed by atoms with van der Waals surface area (Å²) >= 11 is 0. The summed E-state index contributed by atoms with van der Waals surface area (Å²) in [5.74, 6) is 0. The standard InChI is InChI=1S/C42H48/c1-17-21(5)29(13)37-33(25(17)9)34-26(10)18(2)22(6)30(14)38(34)42-40-32(16)24(8)20(4)28(12)36(40)35-27(11)19(3)23(7)31(15)39(35)41(37)42/h1-16H3. The molecule has 0 heteroatoms. The van der Waals surface area contributed by atoms with Crippen LogP contribution in [-0.4, -0.2) is 0 Å². The zero-order chi connectivity index (χ0) is 31.0. The lowest BCUT2D eigenvalue weighted by Crippen LogP contribution is -2.05. The van der Waals surface area contributed by atoms with Gasteiger partial charge in [0.15, 0.2) is 0 Å². The third kappa shape index (κ3) is 3.19. The number of benzene rings is 6. The van der Waals surface area contributed by atoms with Gasteiger partial charge in [-0.25, -0.2) is 0 Å². The molecule has 6 aromatic carbocycles. The normalized spacial score (nSPS) is 12.3. The van der Waals surface area contributed by atoms with E-state index in [2.05, 4.69) is 111 Å². The predicted octanol–water partition coefficient (Wildman–Crippen LogP) is 12.4. The van der Waals surface area contributed by atoms with E-state index in [4.69, 9.17) is 0 Å². The molecule has 0 unspecified atom stereocenters. The van der Waals surface area contributed by atoms with Gasteiger partial charge in [0.1, 0.15) is 0 Å². The molecule has 0 heterocycles. The van der Waals surface area contributed by atoms with Gasteiger partial charge in [0.2, 0.25) is 0 Å². The highest BCUT2D eigenvalue weighted by Crippen LogP contribution is 2.52. The number of rotatable bonds is 0. The molecular weight excluding hydrogens is 504 g/mol. The van der Waals surface area contributed by atoms with Gasteiger partial charge in [0.25, 0.3) is 0 Å². The van der Waals surface area contributed by atoms with Crippen molar-refractivity contribution < 1.29 is 0 Å². The molecule has 6 aromatic rings. The zero-order valence-electron chi connectivity index (χ0n) is 29.0. The summed E-state index contributed by atoms with van der Waals surface area (Å²) < 4.78 is 0. The van der Waals surface area contributed by atoms with Crippen LogP contribution in [-0.2, 0) is 0 Å². The van der Waals surface area contributed by atoms with Gasteiger partial charge in [-0.1, -0.05) is 0 Å². The van der Waals surface area contributed by atoms with Crippen LogP contribution < -0.4 is 0 Å². The Bertz CT molecular complexity index is 1940. The fourth-order valence-corrected chi connectivity index (χ4v) is 8.50. The van der Waals surface area contributed by atoms with E-state index in [0.29, 0.717) is 0 Å². The lowest BCUT2D eigenvalue weighted by Gasteiger charge is -2.28. The Morgan fingerprint density at radius 3 is 0.333 bits per heavy atom. The fraction of sp³-hybridized carbons (Fsp3) is 0.381. The first-order valence-electron chi connectivity index (χ1n) is 15.8. The maximum absolute atomic E-state index is 2.39. The number of fused-ring (bicyclic) bond motifs is 11. The van der Waals surface area contributed by atoms with Crippen LogP contribution in [0, 0.1) is 111 Å². The minimum atomic E-state index is 1.43. The molecule has 0 saturated carbocycles. The van der Waals surface area contributed by atoms with Crippen molar-refractivity contribution in [3.63, 3.8) is 0 Å². The van der Waals surface area contributed by atoms with E-state index >= 15 is 0 Å². The van der Waals surface area contributed by atoms with Crippen LogP contribution in [0.1, 0.15) is 89.0 Å². The summed E-state index contributed by atoms with van der Waals surface area (Å²) in [5, 5.41) is 14.7. The van der Waals surface area contributed by atoms with Crippen molar-refractivity contribution in [3.8, 4) is 0 Å². The van der Waals surface area contributed by atoms with Gasteiger partial charge < -0.3 is 0 Å². The van der Waals surface area contributed by atoms with E-state index in [0.717, 1.165) is 0 Å². The molecule has 0 aliphatic heterocycles. The quantitative estimate of drug-likeness (QED) is 0.164. The second kappa shape index (κ2) is 9.06. The summed E-state index contributed by atoms with van der Waals surface area (Å²) in [4.78, 5) is 0. The van der Waals surface area contributed by atoms with Gasteiger partial charge in [0, 0.05) is 0 Å². The molecule has 0 aromatic heterocycles. The Hall–Kier alpha value is -3.38. The largest absolute Gasteiger partial charge is 0.0443 e. The molecule has 0 aliphatic carbocycles. The minimum absolute atomic E-state index is 1.43. The molecule has 216 valence electrons. The maximum atomic E-state index is 2.39. The molecule has 0 saturated heterocycles. The lowest BCUT2D eigenvalue weighted by molar-refractivity contribution is 1.24. The molecule has 0 N–H and O–H groups in total. The van der Waals surface area contributed by atoms with Crippen molar-refractivity contribution >= 4 is 53.9 Å². The Morgan fingerprint density at radius 1 is 0.119 bits per heavy atom. The maximum Gasteiger partial charge on any atom is -0.000793 e. The molecule has 0 spiro atoms. The van der Waals surface area contributed by atoms with Crippen LogP contribution >= 0.6 is 0 Å². The summed E-state index contributed by atoms with van der Waals surface area (Å²) in [6.45, 7) is 37.7. The highest BCUT2D eigenvalue weighted by molar-refractivity contribution is 6.42. The van der Waals surface area contributed by atoms with E-state index in [1.807, 2.05) is 0 Å². The Morgan fingerprint density at radius 2 is 0.214 bits per heavy atom. The van der Waals surface area contributed by atoms with E-state index in [1.165, 1.54) is 143 Å². The van der Waals surface area contributed by atoms with E-state index in [-0.39, 0.29) is 0 Å². The lowest BCUT2D eigenvalue weighted by atomic mass is 9.75. The SMILES string of the molecule is Cc1c(C)c(C)c2c(c1C)c1c(C)c(C)c(C)c(C)c1c1c3c(C)c(C)c(C)c(C)c3c3c(C)c(C)c(C)c(C)c3c21. The van der Waals surface area contributed by atoms with Crippen LogP contribution in [0.5, 0.6) is 0 Å². The molecular formula is C42H48. The van der Waals surface area contributed by atoms with Gasteiger partial charge in [-0.2, -0.15) is 0 Å². The minimum Gasteiger partial charge on any atom is -0.0443 e. The first-order valence-corrected chi connectivity index (χ1v) is 15.8. The van der Waals surface area contributed by atoms with E-state index < -0.39 is 0 Å². The zero-order valence-corrected chi connectivity index (χ0v) is 29.0. The molecule has 0 atom stereocenters. The molecule has 6 rings (SSSR count). The van der Waals surface area contributed by atoms with Gasteiger partial charge in [0.05, 0.1) is 0 Å². The van der Waals surface area contributed by atoms with Gasteiger partial charge in [-0.3, -0.25) is 0 Å². The molecule has 0 fully saturated rings. The van der Waals surface area contributed by atoms with Crippen LogP contribution in [0.2, 0.25) is 0 Å². The highest BCUT2D eigenvalue weighted by atomic mass is 14.3. The summed E-state index contributed by atoms with van der Waals surface area (Å²) in [6.07, 6.45) is 0. The molecule has 0 amide bonds. The molecule has 0 radical (unpaired) electrons. The van der Waals surface area contributed by atoms with Crippen LogP contribution in [0.4, 0.5) is 0 Å². The molecule has 0 aliphatic rings. The van der Waals surface area contributed by atoms with Gasteiger partial charge in [-0.15, -0.1) is 0 Å². The Balaban J connectivity index is 2.32. The third-order valence-electron chi connectivity index (χ3n) is 12.5. The Kier molecular flexibility index (Phi) is 6.20. The van der Waals surface area contributed by atoms with E-state index in [9.17, 15) is 0 Å². The van der Waals surface area contributed by atoms with Crippen molar-refractivity contribution in [2.24, 2.45) is 0 Å². The van der Waals surface area contributed by atoms with Gasteiger partial charge >= 0.3 is 0 Å². The van der Waals surface area contributed by atoms with Crippen LogP contribution in [0.15, 0.2) is 0 Å². The number of aryl methyl sites for hydroxylation is 8. The second-order valence-corrected chi connectivity index (χ2v) is 13.8. The van der Waals surface area contributed by atoms with Crippen molar-refractivity contribution in [3.05, 3.63) is 89.0 Å². The second-order valence-electron chi connectivity index (χ2n) is 13.8. The number of hydrogen-bond donors (Lipinski definition) is 0. The molecule has 0 nitrogen and oxygen atoms in total. The first-order chi connectivity index (χ1) is 19.6. The average molecular weight is 553 g/mol. The van der Waals surface area contributed by atoms with Crippen molar-refractivity contribution in [2.75, 3.05) is 0 Å². The van der Waals surface area contributed by atoms with Crippen molar-refractivity contribution in [2.45, 2.75) is 111 Å². The monoisotopic (exact) mass is 552 g/mol. The third-order valence-corrected chi connectivity index (χ3v) is 12.5. The fourth-order valence-electron chi connectivity index (χ4n) is 8.50. The first kappa shape index (κ1) is 28.7. The van der Waals surface area contributed by atoms with Gasteiger partial charge in [-0.05, 0) is 254 Å².